The summed E-state index contributed by atoms with van der Waals surface area (Å²) in [7, 11) is 4.04. The SMILES string of the molecule is CC[C@]1(N(C)C)CCCCC1=O. The second-order valence-electron chi connectivity index (χ2n) is 3.91. The summed E-state index contributed by atoms with van der Waals surface area (Å²) in [5.74, 6) is 0.446. The zero-order valence-electron chi connectivity index (χ0n) is 8.39. The molecule has 1 rings (SSSR count). The van der Waals surface area contributed by atoms with Crippen molar-refractivity contribution in [1.29, 1.82) is 0 Å². The number of rotatable bonds is 2. The zero-order chi connectivity index (χ0) is 9.19. The van der Waals surface area contributed by atoms with Gasteiger partial charge in [0.1, 0.15) is 0 Å². The fourth-order valence-electron chi connectivity index (χ4n) is 2.24. The van der Waals surface area contributed by atoms with E-state index in [1.54, 1.807) is 0 Å². The molecule has 2 nitrogen and oxygen atoms in total. The van der Waals surface area contributed by atoms with Crippen molar-refractivity contribution in [3.63, 3.8) is 0 Å². The fraction of sp³-hybridized carbons (Fsp3) is 0.900. The number of nitrogens with zero attached hydrogens (tertiary/aromatic N) is 1. The van der Waals surface area contributed by atoms with E-state index in [0.717, 1.165) is 25.7 Å². The van der Waals surface area contributed by atoms with Gasteiger partial charge in [-0.1, -0.05) is 13.3 Å². The Morgan fingerprint density at radius 3 is 2.42 bits per heavy atom. The summed E-state index contributed by atoms with van der Waals surface area (Å²) in [6.07, 6.45) is 5.09. The van der Waals surface area contributed by atoms with E-state index in [1.807, 2.05) is 14.1 Å². The molecule has 0 saturated heterocycles. The van der Waals surface area contributed by atoms with Crippen LogP contribution in [0, 0.1) is 0 Å². The van der Waals surface area contributed by atoms with Crippen LogP contribution in [-0.4, -0.2) is 30.3 Å². The van der Waals surface area contributed by atoms with Crippen LogP contribution in [0.3, 0.4) is 0 Å². The van der Waals surface area contributed by atoms with Crippen LogP contribution < -0.4 is 0 Å². The highest BCUT2D eigenvalue weighted by Gasteiger charge is 2.39. The molecule has 0 bridgehead atoms. The first-order valence-electron chi connectivity index (χ1n) is 4.84. The third kappa shape index (κ3) is 1.40. The molecule has 0 radical (unpaired) electrons. The van der Waals surface area contributed by atoms with Gasteiger partial charge in [0, 0.05) is 6.42 Å². The molecule has 0 aromatic carbocycles. The molecule has 1 aliphatic carbocycles. The van der Waals surface area contributed by atoms with Crippen LogP contribution in [0.1, 0.15) is 39.0 Å². The molecular formula is C10H19NO. The molecule has 0 amide bonds. The highest BCUT2D eigenvalue weighted by atomic mass is 16.1. The molecule has 70 valence electrons. The van der Waals surface area contributed by atoms with E-state index in [9.17, 15) is 4.79 Å². The molecule has 1 aliphatic rings. The Morgan fingerprint density at radius 1 is 1.42 bits per heavy atom. The van der Waals surface area contributed by atoms with Crippen LogP contribution in [0.15, 0.2) is 0 Å². The minimum atomic E-state index is -0.127. The first-order chi connectivity index (χ1) is 5.63. The Morgan fingerprint density at radius 2 is 2.08 bits per heavy atom. The average Bonchev–Trinajstić information content (AvgIpc) is 2.05. The lowest BCUT2D eigenvalue weighted by atomic mass is 9.78. The first kappa shape index (κ1) is 9.72. The molecule has 1 atom stereocenters. The van der Waals surface area contributed by atoms with Gasteiger partial charge in [-0.15, -0.1) is 0 Å². The minimum Gasteiger partial charge on any atom is -0.298 e. The van der Waals surface area contributed by atoms with Crippen LogP contribution in [0.5, 0.6) is 0 Å². The highest BCUT2D eigenvalue weighted by molar-refractivity contribution is 5.88. The van der Waals surface area contributed by atoms with Gasteiger partial charge >= 0.3 is 0 Å². The van der Waals surface area contributed by atoms with Crippen LogP contribution >= 0.6 is 0 Å². The molecule has 0 aromatic rings. The van der Waals surface area contributed by atoms with Gasteiger partial charge in [-0.05, 0) is 33.4 Å². The number of hydrogen-bond donors (Lipinski definition) is 0. The van der Waals surface area contributed by atoms with Crippen molar-refractivity contribution in [3.8, 4) is 0 Å². The number of carbonyl (C=O) groups is 1. The van der Waals surface area contributed by atoms with Crippen LogP contribution in [-0.2, 0) is 4.79 Å². The van der Waals surface area contributed by atoms with Gasteiger partial charge in [-0.25, -0.2) is 0 Å². The maximum atomic E-state index is 11.7. The summed E-state index contributed by atoms with van der Waals surface area (Å²) in [6, 6.07) is 0. The Labute approximate surface area is 74.9 Å². The van der Waals surface area contributed by atoms with Gasteiger partial charge < -0.3 is 0 Å². The lowest BCUT2D eigenvalue weighted by Gasteiger charge is -2.40. The van der Waals surface area contributed by atoms with Gasteiger partial charge in [0.05, 0.1) is 5.54 Å². The number of likely N-dealkylation sites (N-methyl/N-ethyl adjacent to an activating group) is 1. The van der Waals surface area contributed by atoms with Gasteiger partial charge in [-0.2, -0.15) is 0 Å². The normalized spacial score (nSPS) is 31.2. The summed E-state index contributed by atoms with van der Waals surface area (Å²) in [5, 5.41) is 0. The van der Waals surface area contributed by atoms with Crippen molar-refractivity contribution >= 4 is 5.78 Å². The number of Topliss-reactive ketones (excluding diaryl/α,β-unsaturated/α-hetero) is 1. The number of hydrogen-bond acceptors (Lipinski definition) is 2. The molecule has 1 saturated carbocycles. The monoisotopic (exact) mass is 169 g/mol. The Bertz CT molecular complexity index is 177. The maximum absolute atomic E-state index is 11.7. The fourth-order valence-corrected chi connectivity index (χ4v) is 2.24. The van der Waals surface area contributed by atoms with Crippen molar-refractivity contribution in [2.45, 2.75) is 44.6 Å². The van der Waals surface area contributed by atoms with Crippen molar-refractivity contribution in [1.82, 2.24) is 4.90 Å². The first-order valence-corrected chi connectivity index (χ1v) is 4.84. The third-order valence-electron chi connectivity index (χ3n) is 3.20. The maximum Gasteiger partial charge on any atom is 0.153 e. The van der Waals surface area contributed by atoms with E-state index in [1.165, 1.54) is 6.42 Å². The molecule has 0 N–H and O–H groups in total. The zero-order valence-corrected chi connectivity index (χ0v) is 8.39. The second-order valence-corrected chi connectivity index (χ2v) is 3.91. The highest BCUT2D eigenvalue weighted by Crippen LogP contribution is 2.31. The summed E-state index contributed by atoms with van der Waals surface area (Å²) in [4.78, 5) is 13.9. The lowest BCUT2D eigenvalue weighted by molar-refractivity contribution is -0.132. The van der Waals surface area contributed by atoms with Crippen LogP contribution in [0.4, 0.5) is 0 Å². The van der Waals surface area contributed by atoms with E-state index >= 15 is 0 Å². The summed E-state index contributed by atoms with van der Waals surface area (Å²) < 4.78 is 0. The van der Waals surface area contributed by atoms with Crippen molar-refractivity contribution < 1.29 is 4.79 Å². The predicted molar refractivity (Wildman–Crippen MR) is 50.2 cm³/mol. The van der Waals surface area contributed by atoms with Crippen LogP contribution in [0.2, 0.25) is 0 Å². The Balaban J connectivity index is 2.81. The van der Waals surface area contributed by atoms with Gasteiger partial charge in [0.2, 0.25) is 0 Å². The Hall–Kier alpha value is -0.370. The number of carbonyl (C=O) groups excluding carboxylic acids is 1. The topological polar surface area (TPSA) is 20.3 Å². The summed E-state index contributed by atoms with van der Waals surface area (Å²) in [6.45, 7) is 2.11. The van der Waals surface area contributed by atoms with Gasteiger partial charge in [0.25, 0.3) is 0 Å². The molecule has 0 spiro atoms. The quantitative estimate of drug-likeness (QED) is 0.628. The van der Waals surface area contributed by atoms with Gasteiger partial charge in [-0.3, -0.25) is 9.69 Å². The second kappa shape index (κ2) is 3.56. The molecule has 0 aliphatic heterocycles. The van der Waals surface area contributed by atoms with Crippen LogP contribution in [0.25, 0.3) is 0 Å². The number of ketones is 1. The minimum absolute atomic E-state index is 0.127. The van der Waals surface area contributed by atoms with E-state index in [2.05, 4.69) is 11.8 Å². The standard InChI is InChI=1S/C10H19NO/c1-4-10(11(2)3)8-6-5-7-9(10)12/h4-8H2,1-3H3/t10-/m0/s1. The smallest absolute Gasteiger partial charge is 0.153 e. The molecule has 0 heterocycles. The molecule has 1 fully saturated rings. The predicted octanol–water partition coefficient (Wildman–Crippen LogP) is 1.84. The van der Waals surface area contributed by atoms with E-state index in [-0.39, 0.29) is 5.54 Å². The lowest BCUT2D eigenvalue weighted by Crippen LogP contribution is -2.52. The summed E-state index contributed by atoms with van der Waals surface area (Å²) >= 11 is 0. The van der Waals surface area contributed by atoms with E-state index < -0.39 is 0 Å². The molecule has 0 unspecified atom stereocenters. The van der Waals surface area contributed by atoms with E-state index in [4.69, 9.17) is 0 Å². The molecular weight excluding hydrogens is 150 g/mol. The average molecular weight is 169 g/mol. The molecule has 12 heavy (non-hydrogen) atoms. The largest absolute Gasteiger partial charge is 0.298 e. The van der Waals surface area contributed by atoms with Gasteiger partial charge in [0.15, 0.2) is 5.78 Å². The van der Waals surface area contributed by atoms with Crippen molar-refractivity contribution in [2.24, 2.45) is 0 Å². The Kier molecular flexibility index (Phi) is 2.89. The molecule has 0 aromatic heterocycles. The molecule has 2 heteroatoms. The van der Waals surface area contributed by atoms with E-state index in [0.29, 0.717) is 5.78 Å². The van der Waals surface area contributed by atoms with Crippen molar-refractivity contribution in [3.05, 3.63) is 0 Å². The third-order valence-corrected chi connectivity index (χ3v) is 3.20. The summed E-state index contributed by atoms with van der Waals surface area (Å²) in [5.41, 5.74) is -0.127. The van der Waals surface area contributed by atoms with Crippen molar-refractivity contribution in [2.75, 3.05) is 14.1 Å².